The first-order valence-electron chi connectivity index (χ1n) is 7.15. The summed E-state index contributed by atoms with van der Waals surface area (Å²) in [5, 5.41) is 0. The molecular weight excluding hydrogens is 252 g/mol. The van der Waals surface area contributed by atoms with Crippen LogP contribution in [0, 0.1) is 0 Å². The Labute approximate surface area is 122 Å². The molecule has 0 spiro atoms. The molecule has 3 heteroatoms. The molecule has 0 saturated heterocycles. The van der Waals surface area contributed by atoms with Crippen LogP contribution < -0.4 is 4.74 Å². The molecule has 112 valence electrons. The van der Waals surface area contributed by atoms with Gasteiger partial charge in [-0.1, -0.05) is 45.9 Å². The first kappa shape index (κ1) is 16.5. The van der Waals surface area contributed by atoms with E-state index in [9.17, 15) is 4.79 Å². The monoisotopic (exact) mass is 278 g/mol. The fourth-order valence-corrected chi connectivity index (χ4v) is 1.95. The Morgan fingerprint density at radius 1 is 1.00 bits per heavy atom. The first-order valence-corrected chi connectivity index (χ1v) is 7.15. The van der Waals surface area contributed by atoms with Crippen molar-refractivity contribution < 1.29 is 14.3 Å². The number of benzene rings is 1. The third-order valence-electron chi connectivity index (χ3n) is 2.89. The van der Waals surface area contributed by atoms with Crippen LogP contribution in [0.2, 0.25) is 0 Å². The van der Waals surface area contributed by atoms with Crippen molar-refractivity contribution in [2.75, 3.05) is 0 Å². The molecular formula is C17H26O3. The molecule has 0 amide bonds. The third-order valence-corrected chi connectivity index (χ3v) is 2.89. The quantitative estimate of drug-likeness (QED) is 0.559. The Bertz CT molecular complexity index is 441. The maximum absolute atomic E-state index is 11.9. The van der Waals surface area contributed by atoms with E-state index in [1.165, 1.54) is 0 Å². The van der Waals surface area contributed by atoms with E-state index in [1.807, 2.05) is 39.0 Å². The molecule has 0 aliphatic rings. The molecule has 0 N–H and O–H groups in total. The fraction of sp³-hybridized carbons (Fsp3) is 0.588. The molecule has 0 bridgehead atoms. The highest BCUT2D eigenvalue weighted by molar-refractivity contribution is 5.66. The van der Waals surface area contributed by atoms with Crippen LogP contribution in [0.25, 0.3) is 0 Å². The van der Waals surface area contributed by atoms with Crippen molar-refractivity contribution >= 4 is 6.16 Å². The predicted molar refractivity (Wildman–Crippen MR) is 81.5 cm³/mol. The highest BCUT2D eigenvalue weighted by Crippen LogP contribution is 2.34. The maximum atomic E-state index is 11.9. The summed E-state index contributed by atoms with van der Waals surface area (Å²) in [5.41, 5.74) is 1.51. The lowest BCUT2D eigenvalue weighted by atomic mass is 9.94. The van der Waals surface area contributed by atoms with E-state index in [4.69, 9.17) is 9.47 Å². The Balaban J connectivity index is 3.11. The summed E-state index contributed by atoms with van der Waals surface area (Å²) in [7, 11) is 0. The van der Waals surface area contributed by atoms with Gasteiger partial charge in [0.2, 0.25) is 0 Å². The number of ether oxygens (including phenoxy) is 2. The highest BCUT2D eigenvalue weighted by Gasteiger charge is 2.22. The lowest BCUT2D eigenvalue weighted by molar-refractivity contribution is 0.0201. The van der Waals surface area contributed by atoms with Gasteiger partial charge in [-0.2, -0.15) is 0 Å². The topological polar surface area (TPSA) is 35.5 Å². The Morgan fingerprint density at radius 2 is 1.45 bits per heavy atom. The summed E-state index contributed by atoms with van der Waals surface area (Å²) in [6.45, 7) is 13.8. The second-order valence-corrected chi connectivity index (χ2v) is 6.64. The largest absolute Gasteiger partial charge is 0.514 e. The van der Waals surface area contributed by atoms with Gasteiger partial charge in [0.25, 0.3) is 0 Å². The van der Waals surface area contributed by atoms with Gasteiger partial charge in [-0.25, -0.2) is 4.79 Å². The van der Waals surface area contributed by atoms with Gasteiger partial charge in [0.05, 0.1) is 0 Å². The molecule has 1 aromatic carbocycles. The van der Waals surface area contributed by atoms with Crippen molar-refractivity contribution in [2.24, 2.45) is 0 Å². The molecule has 0 fully saturated rings. The summed E-state index contributed by atoms with van der Waals surface area (Å²) in [6, 6.07) is 6.00. The zero-order valence-electron chi connectivity index (χ0n) is 13.6. The minimum absolute atomic E-state index is 0.283. The number of rotatable bonds is 3. The summed E-state index contributed by atoms with van der Waals surface area (Å²) in [5.74, 6) is 1.21. The standard InChI is InChI=1S/C17H26O3/c1-11(2)13-9-8-10-14(12(3)4)15(13)19-16(18)20-17(5,6)7/h8-12H,1-7H3. The van der Waals surface area contributed by atoms with E-state index in [2.05, 4.69) is 27.7 Å². The molecule has 0 radical (unpaired) electrons. The van der Waals surface area contributed by atoms with Crippen LogP contribution >= 0.6 is 0 Å². The molecule has 0 aliphatic heterocycles. The Kier molecular flexibility index (Phi) is 5.21. The van der Waals surface area contributed by atoms with Crippen molar-refractivity contribution in [1.29, 1.82) is 0 Å². The van der Waals surface area contributed by atoms with Crippen molar-refractivity contribution in [3.8, 4) is 5.75 Å². The molecule has 20 heavy (non-hydrogen) atoms. The molecule has 3 nitrogen and oxygen atoms in total. The van der Waals surface area contributed by atoms with Gasteiger partial charge in [-0.05, 0) is 43.7 Å². The van der Waals surface area contributed by atoms with Gasteiger partial charge < -0.3 is 9.47 Å². The van der Waals surface area contributed by atoms with E-state index < -0.39 is 11.8 Å². The lowest BCUT2D eigenvalue weighted by Crippen LogP contribution is -2.26. The normalized spacial score (nSPS) is 11.8. The zero-order valence-corrected chi connectivity index (χ0v) is 13.6. The third kappa shape index (κ3) is 4.55. The number of carbonyl (C=O) groups excluding carboxylic acids is 1. The molecule has 0 unspecified atom stereocenters. The van der Waals surface area contributed by atoms with E-state index in [0.717, 1.165) is 11.1 Å². The van der Waals surface area contributed by atoms with Crippen molar-refractivity contribution in [1.82, 2.24) is 0 Å². The predicted octanol–water partition coefficient (Wildman–Crippen LogP) is 5.25. The molecule has 0 aromatic heterocycles. The minimum atomic E-state index is -0.646. The average Bonchev–Trinajstić information content (AvgIpc) is 2.25. The summed E-state index contributed by atoms with van der Waals surface area (Å²) < 4.78 is 10.8. The van der Waals surface area contributed by atoms with Gasteiger partial charge in [-0.15, -0.1) is 0 Å². The smallest absolute Gasteiger partial charge is 0.428 e. The molecule has 0 atom stereocenters. The first-order chi connectivity index (χ1) is 9.11. The SMILES string of the molecule is CC(C)c1cccc(C(C)C)c1OC(=O)OC(C)(C)C. The number of hydrogen-bond acceptors (Lipinski definition) is 3. The Hall–Kier alpha value is -1.51. The highest BCUT2D eigenvalue weighted by atomic mass is 16.7. The van der Waals surface area contributed by atoms with E-state index in [1.54, 1.807) is 0 Å². The van der Waals surface area contributed by atoms with Crippen LogP contribution in [0.1, 0.15) is 71.4 Å². The van der Waals surface area contributed by atoms with Gasteiger partial charge >= 0.3 is 6.16 Å². The Morgan fingerprint density at radius 3 is 1.80 bits per heavy atom. The van der Waals surface area contributed by atoms with Crippen LogP contribution in [0.15, 0.2) is 18.2 Å². The van der Waals surface area contributed by atoms with Crippen LogP contribution in [0.4, 0.5) is 4.79 Å². The zero-order chi connectivity index (χ0) is 15.5. The lowest BCUT2D eigenvalue weighted by Gasteiger charge is -2.22. The van der Waals surface area contributed by atoms with Crippen LogP contribution in [-0.4, -0.2) is 11.8 Å². The van der Waals surface area contributed by atoms with Crippen LogP contribution in [-0.2, 0) is 4.74 Å². The molecule has 0 aliphatic carbocycles. The molecule has 1 aromatic rings. The van der Waals surface area contributed by atoms with E-state index in [0.29, 0.717) is 5.75 Å². The second-order valence-electron chi connectivity index (χ2n) is 6.64. The summed E-state index contributed by atoms with van der Waals surface area (Å²) >= 11 is 0. The van der Waals surface area contributed by atoms with E-state index in [-0.39, 0.29) is 11.8 Å². The van der Waals surface area contributed by atoms with Crippen molar-refractivity contribution in [2.45, 2.75) is 65.9 Å². The number of para-hydroxylation sites is 1. The van der Waals surface area contributed by atoms with Gasteiger partial charge in [-0.3, -0.25) is 0 Å². The summed E-state index contributed by atoms with van der Waals surface area (Å²) in [6.07, 6.45) is -0.646. The van der Waals surface area contributed by atoms with Gasteiger partial charge in [0, 0.05) is 0 Å². The van der Waals surface area contributed by atoms with Crippen LogP contribution in [0.5, 0.6) is 5.75 Å². The maximum Gasteiger partial charge on any atom is 0.514 e. The van der Waals surface area contributed by atoms with Crippen molar-refractivity contribution in [3.05, 3.63) is 29.3 Å². The van der Waals surface area contributed by atoms with Crippen LogP contribution in [0.3, 0.4) is 0 Å². The molecule has 1 rings (SSSR count). The molecule has 0 saturated carbocycles. The molecule has 0 heterocycles. The van der Waals surface area contributed by atoms with Gasteiger partial charge in [0.1, 0.15) is 11.4 Å². The number of carbonyl (C=O) groups is 1. The van der Waals surface area contributed by atoms with E-state index >= 15 is 0 Å². The fourth-order valence-electron chi connectivity index (χ4n) is 1.95. The number of hydrogen-bond donors (Lipinski definition) is 0. The average molecular weight is 278 g/mol. The minimum Gasteiger partial charge on any atom is -0.428 e. The second kappa shape index (κ2) is 6.29. The van der Waals surface area contributed by atoms with Crippen molar-refractivity contribution in [3.63, 3.8) is 0 Å². The van der Waals surface area contributed by atoms with Gasteiger partial charge in [0.15, 0.2) is 0 Å². The summed E-state index contributed by atoms with van der Waals surface area (Å²) in [4.78, 5) is 11.9.